The summed E-state index contributed by atoms with van der Waals surface area (Å²) in [5, 5.41) is 12.0. The first-order chi connectivity index (χ1) is 12.5. The minimum atomic E-state index is -3.86. The van der Waals surface area contributed by atoms with E-state index in [2.05, 4.69) is 10.0 Å². The van der Waals surface area contributed by atoms with Crippen molar-refractivity contribution in [3.63, 3.8) is 0 Å². The molecule has 0 radical (unpaired) electrons. The lowest BCUT2D eigenvalue weighted by Crippen LogP contribution is -2.37. The lowest BCUT2D eigenvalue weighted by atomic mass is 10.0. The number of likely N-dealkylation sites (N-methyl/N-ethyl adjacent to an activating group) is 1. The van der Waals surface area contributed by atoms with Gasteiger partial charge >= 0.3 is 0 Å². The van der Waals surface area contributed by atoms with Gasteiger partial charge in [0.25, 0.3) is 10.0 Å². The lowest BCUT2D eigenvalue weighted by Gasteiger charge is -2.28. The van der Waals surface area contributed by atoms with Crippen molar-refractivity contribution in [2.75, 3.05) is 25.5 Å². The summed E-state index contributed by atoms with van der Waals surface area (Å²) in [6.07, 6.45) is 0.606. The fourth-order valence-corrected chi connectivity index (χ4v) is 4.07. The van der Waals surface area contributed by atoms with Crippen LogP contribution in [0.15, 0.2) is 41.3 Å². The first-order valence-electron chi connectivity index (χ1n) is 8.01. The van der Waals surface area contributed by atoms with Crippen LogP contribution in [0.3, 0.4) is 0 Å². The molecule has 0 fully saturated rings. The van der Waals surface area contributed by atoms with Crippen LogP contribution in [0.4, 0.5) is 5.69 Å². The molecule has 2 aromatic rings. The Kier molecular flexibility index (Phi) is 5.02. The number of benzene rings is 2. The molecule has 1 heterocycles. The van der Waals surface area contributed by atoms with E-state index in [0.717, 1.165) is 5.56 Å². The number of nitriles is 1. The van der Waals surface area contributed by atoms with E-state index in [4.69, 9.17) is 14.7 Å². The molecule has 0 amide bonds. The van der Waals surface area contributed by atoms with Crippen molar-refractivity contribution in [2.45, 2.75) is 17.4 Å². The van der Waals surface area contributed by atoms with Crippen molar-refractivity contribution in [3.8, 4) is 17.6 Å². The van der Waals surface area contributed by atoms with Crippen LogP contribution in [-0.2, 0) is 16.4 Å². The van der Waals surface area contributed by atoms with Crippen molar-refractivity contribution in [1.82, 2.24) is 5.32 Å². The van der Waals surface area contributed by atoms with Crippen molar-refractivity contribution in [1.29, 1.82) is 5.26 Å². The third-order valence-corrected chi connectivity index (χ3v) is 5.65. The summed E-state index contributed by atoms with van der Waals surface area (Å²) < 4.78 is 39.4. The Morgan fingerprint density at radius 2 is 1.96 bits per heavy atom. The van der Waals surface area contributed by atoms with Crippen molar-refractivity contribution in [2.24, 2.45) is 0 Å². The molecule has 1 unspecified atom stereocenters. The van der Waals surface area contributed by atoms with Gasteiger partial charge in [0.1, 0.15) is 23.0 Å². The number of hydrogen-bond donors (Lipinski definition) is 2. The van der Waals surface area contributed by atoms with Gasteiger partial charge < -0.3 is 14.8 Å². The predicted molar refractivity (Wildman–Crippen MR) is 97.0 cm³/mol. The zero-order chi connectivity index (χ0) is 18.7. The van der Waals surface area contributed by atoms with Crippen LogP contribution in [0, 0.1) is 11.3 Å². The molecule has 3 rings (SSSR count). The fourth-order valence-electron chi connectivity index (χ4n) is 2.84. The Hall–Kier alpha value is -2.76. The average molecular weight is 373 g/mol. The molecule has 136 valence electrons. The molecule has 0 bridgehead atoms. The molecule has 0 aliphatic carbocycles. The molecule has 0 aromatic heterocycles. The predicted octanol–water partition coefficient (Wildman–Crippen LogP) is 1.89. The van der Waals surface area contributed by atoms with Gasteiger partial charge in [-0.25, -0.2) is 8.42 Å². The first-order valence-corrected chi connectivity index (χ1v) is 9.49. The van der Waals surface area contributed by atoms with Gasteiger partial charge in [0.2, 0.25) is 0 Å². The summed E-state index contributed by atoms with van der Waals surface area (Å²) in [6, 6.07) is 11.4. The molecule has 2 N–H and O–H groups in total. The third-order valence-electron chi connectivity index (χ3n) is 4.24. The summed E-state index contributed by atoms with van der Waals surface area (Å²) in [5.41, 5.74) is 1.55. The van der Waals surface area contributed by atoms with Crippen LogP contribution in [0.25, 0.3) is 0 Å². The minimum absolute atomic E-state index is 0.0622. The highest BCUT2D eigenvalue weighted by Gasteiger charge is 2.30. The number of anilines is 1. The Morgan fingerprint density at radius 3 is 2.58 bits per heavy atom. The van der Waals surface area contributed by atoms with Gasteiger partial charge in [-0.3, -0.25) is 4.72 Å². The van der Waals surface area contributed by atoms with Gasteiger partial charge in [0.05, 0.1) is 18.7 Å². The van der Waals surface area contributed by atoms with Crippen LogP contribution in [0.1, 0.15) is 11.1 Å². The van der Waals surface area contributed by atoms with E-state index in [1.807, 2.05) is 13.1 Å². The van der Waals surface area contributed by atoms with Crippen LogP contribution in [-0.4, -0.2) is 35.2 Å². The topological polar surface area (TPSA) is 100 Å². The van der Waals surface area contributed by atoms with E-state index in [1.54, 1.807) is 37.4 Å². The van der Waals surface area contributed by atoms with E-state index in [1.165, 1.54) is 6.07 Å². The standard InChI is InChI=1S/C18H19N3O4S/c1-20-14-9-15-16(24-2)7-8-17(18(15)25-11-14)26(22,23)21-13-5-3-12(10-19)4-6-13/h3-8,14,20-21H,9,11H2,1-2H3. The highest BCUT2D eigenvalue weighted by atomic mass is 32.2. The molecule has 26 heavy (non-hydrogen) atoms. The molecular weight excluding hydrogens is 354 g/mol. The summed E-state index contributed by atoms with van der Waals surface area (Å²) in [5.74, 6) is 0.911. The number of ether oxygens (including phenoxy) is 2. The largest absolute Gasteiger partial charge is 0.496 e. The lowest BCUT2D eigenvalue weighted by molar-refractivity contribution is 0.235. The second-order valence-electron chi connectivity index (χ2n) is 5.87. The zero-order valence-corrected chi connectivity index (χ0v) is 15.3. The summed E-state index contributed by atoms with van der Waals surface area (Å²) >= 11 is 0. The smallest absolute Gasteiger partial charge is 0.265 e. The summed E-state index contributed by atoms with van der Waals surface area (Å²) in [6.45, 7) is 0.371. The van der Waals surface area contributed by atoms with E-state index in [-0.39, 0.29) is 10.9 Å². The Labute approximate surface area is 152 Å². The second-order valence-corrected chi connectivity index (χ2v) is 7.52. The van der Waals surface area contributed by atoms with Crippen LogP contribution in [0.2, 0.25) is 0 Å². The SMILES string of the molecule is CNC1COc2c(S(=O)(=O)Nc3ccc(C#N)cc3)ccc(OC)c2C1. The Bertz CT molecular complexity index is 950. The van der Waals surface area contributed by atoms with E-state index < -0.39 is 10.0 Å². The second kappa shape index (κ2) is 7.23. The third kappa shape index (κ3) is 3.45. The number of nitrogens with one attached hydrogen (secondary N) is 2. The van der Waals surface area contributed by atoms with Gasteiger partial charge in [-0.05, 0) is 49.9 Å². The molecular formula is C18H19N3O4S. The van der Waals surface area contributed by atoms with E-state index >= 15 is 0 Å². The maximum atomic E-state index is 12.9. The maximum Gasteiger partial charge on any atom is 0.265 e. The Morgan fingerprint density at radius 1 is 1.23 bits per heavy atom. The molecule has 0 saturated heterocycles. The first kappa shape index (κ1) is 18.0. The van der Waals surface area contributed by atoms with E-state index in [0.29, 0.717) is 35.8 Å². The number of sulfonamides is 1. The summed E-state index contributed by atoms with van der Waals surface area (Å²) in [4.78, 5) is 0.0622. The molecule has 0 spiro atoms. The molecule has 2 aromatic carbocycles. The van der Waals surface area contributed by atoms with Gasteiger partial charge in [-0.15, -0.1) is 0 Å². The molecule has 1 aliphatic heterocycles. The zero-order valence-electron chi connectivity index (χ0n) is 14.4. The van der Waals surface area contributed by atoms with Crippen molar-refractivity contribution >= 4 is 15.7 Å². The van der Waals surface area contributed by atoms with Gasteiger partial charge in [0, 0.05) is 17.3 Å². The van der Waals surface area contributed by atoms with Crippen LogP contribution < -0.4 is 19.5 Å². The number of rotatable bonds is 5. The highest BCUT2D eigenvalue weighted by molar-refractivity contribution is 7.92. The van der Waals surface area contributed by atoms with Gasteiger partial charge in [0.15, 0.2) is 0 Å². The Balaban J connectivity index is 1.98. The number of nitrogens with zero attached hydrogens (tertiary/aromatic N) is 1. The monoisotopic (exact) mass is 373 g/mol. The fraction of sp³-hybridized carbons (Fsp3) is 0.278. The average Bonchev–Trinajstić information content (AvgIpc) is 2.66. The van der Waals surface area contributed by atoms with Crippen molar-refractivity contribution < 1.29 is 17.9 Å². The normalized spacial score (nSPS) is 16.1. The van der Waals surface area contributed by atoms with Crippen LogP contribution >= 0.6 is 0 Å². The number of fused-ring (bicyclic) bond motifs is 1. The maximum absolute atomic E-state index is 12.9. The highest BCUT2D eigenvalue weighted by Crippen LogP contribution is 2.39. The molecule has 1 atom stereocenters. The minimum Gasteiger partial charge on any atom is -0.496 e. The molecule has 7 nitrogen and oxygen atoms in total. The van der Waals surface area contributed by atoms with Crippen molar-refractivity contribution in [3.05, 3.63) is 47.5 Å². The molecule has 1 aliphatic rings. The van der Waals surface area contributed by atoms with Gasteiger partial charge in [-0.2, -0.15) is 5.26 Å². The number of hydrogen-bond acceptors (Lipinski definition) is 6. The summed E-state index contributed by atoms with van der Waals surface area (Å²) in [7, 11) is -0.482. The van der Waals surface area contributed by atoms with Gasteiger partial charge in [-0.1, -0.05) is 0 Å². The molecule has 0 saturated carbocycles. The van der Waals surface area contributed by atoms with E-state index in [9.17, 15) is 8.42 Å². The molecule has 8 heteroatoms. The van der Waals surface area contributed by atoms with Crippen LogP contribution in [0.5, 0.6) is 11.5 Å². The number of methoxy groups -OCH3 is 1. The quantitative estimate of drug-likeness (QED) is 0.830.